The van der Waals surface area contributed by atoms with Gasteiger partial charge in [0.15, 0.2) is 5.78 Å². The molecular weight excluding hydrogens is 628 g/mol. The van der Waals surface area contributed by atoms with Crippen LogP contribution in [0.5, 0.6) is 17.2 Å². The molecule has 0 bridgehead atoms. The summed E-state index contributed by atoms with van der Waals surface area (Å²) < 4.78 is 28.2. The quantitative estimate of drug-likeness (QED) is 0.0873. The van der Waals surface area contributed by atoms with Gasteiger partial charge in [0.1, 0.15) is 17.2 Å². The van der Waals surface area contributed by atoms with Gasteiger partial charge in [0.05, 0.1) is 21.3 Å². The van der Waals surface area contributed by atoms with Crippen LogP contribution in [-0.4, -0.2) is 57.4 Å². The third kappa shape index (κ3) is 9.65. The molecule has 4 rings (SSSR count). The first-order valence-corrected chi connectivity index (χ1v) is 13.9. The maximum Gasteiger partial charge on any atom is 0.513 e. The number of benzene rings is 4. The summed E-state index contributed by atoms with van der Waals surface area (Å²) in [7, 11) is 3.51. The Hall–Kier alpha value is -6.70. The van der Waals surface area contributed by atoms with E-state index in [1.165, 1.54) is 100 Å². The fourth-order valence-electron chi connectivity index (χ4n) is 4.05. The Labute approximate surface area is 273 Å². The van der Waals surface area contributed by atoms with Crippen molar-refractivity contribution in [2.75, 3.05) is 32.0 Å². The molecule has 48 heavy (non-hydrogen) atoms. The predicted molar refractivity (Wildman–Crippen MR) is 169 cm³/mol. The van der Waals surface area contributed by atoms with Crippen LogP contribution in [0.3, 0.4) is 0 Å². The summed E-state index contributed by atoms with van der Waals surface area (Å²) in [6, 6.07) is 21.9. The highest BCUT2D eigenvalue weighted by Gasteiger charge is 2.18. The van der Waals surface area contributed by atoms with Crippen LogP contribution in [0.1, 0.15) is 36.6 Å². The van der Waals surface area contributed by atoms with Gasteiger partial charge in [0, 0.05) is 34.5 Å². The number of amides is 2. The first-order chi connectivity index (χ1) is 23.1. The molecule has 0 heterocycles. The van der Waals surface area contributed by atoms with Gasteiger partial charge in [-0.25, -0.2) is 14.4 Å². The highest BCUT2D eigenvalue weighted by molar-refractivity contribution is 6.11. The Kier molecular flexibility index (Phi) is 11.4. The Morgan fingerprint density at radius 1 is 0.479 bits per heavy atom. The van der Waals surface area contributed by atoms with Gasteiger partial charge in [0.2, 0.25) is 0 Å². The van der Waals surface area contributed by atoms with Crippen molar-refractivity contribution in [3.63, 3.8) is 0 Å². The van der Waals surface area contributed by atoms with Crippen LogP contribution in [0.15, 0.2) is 91.0 Å². The molecule has 2 N–H and O–H groups in total. The zero-order valence-electron chi connectivity index (χ0n) is 25.8. The van der Waals surface area contributed by atoms with Gasteiger partial charge < -0.3 is 39.1 Å². The highest BCUT2D eigenvalue weighted by Crippen LogP contribution is 2.22. The van der Waals surface area contributed by atoms with Crippen molar-refractivity contribution in [3.8, 4) is 17.2 Å². The van der Waals surface area contributed by atoms with Crippen LogP contribution in [0, 0.1) is 0 Å². The number of Topliss-reactive ketones (excluding diaryl/α,β-unsaturated/α-hetero) is 1. The summed E-state index contributed by atoms with van der Waals surface area (Å²) in [5.74, 6) is -1.09. The van der Waals surface area contributed by atoms with Crippen molar-refractivity contribution in [2.24, 2.45) is 0 Å². The molecule has 0 aromatic heterocycles. The van der Waals surface area contributed by atoms with E-state index in [2.05, 4.69) is 24.8 Å². The lowest BCUT2D eigenvalue weighted by atomic mass is 9.97. The summed E-state index contributed by atoms with van der Waals surface area (Å²) in [6.07, 6.45) is -2.81. The number of ether oxygens (including phenoxy) is 6. The number of carbonyl (C=O) groups excluding carboxylic acids is 6. The Morgan fingerprint density at radius 2 is 0.812 bits per heavy atom. The second kappa shape index (κ2) is 16.0. The molecule has 2 amide bonds. The first kappa shape index (κ1) is 34.2. The standard InChI is InChI=1S/C34H28N2O12/c1-43-32(40)46-26-10-4-20(5-11-26)16-29(37)21-17-22(30(38)35-24-6-12-27(13-7-24)47-33(41)44-2)19-23(18-21)31(39)36-25-8-14-28(15-9-25)48-34(42)45-3/h4-15,17-19H,16H2,1-3H3,(H,35,38)(H,36,39). The van der Waals surface area contributed by atoms with Crippen molar-refractivity contribution in [3.05, 3.63) is 113 Å². The lowest BCUT2D eigenvalue weighted by molar-refractivity contribution is 0.0991. The molecule has 0 aliphatic rings. The number of nitrogens with one attached hydrogen (secondary N) is 2. The fraction of sp³-hybridized carbons (Fsp3) is 0.118. The minimum atomic E-state index is -0.907. The monoisotopic (exact) mass is 656 g/mol. The second-order valence-electron chi connectivity index (χ2n) is 9.67. The smallest absolute Gasteiger partial charge is 0.437 e. The minimum absolute atomic E-state index is 0.00420. The normalized spacial score (nSPS) is 10.1. The number of carbonyl (C=O) groups is 6. The Balaban J connectivity index is 1.57. The van der Waals surface area contributed by atoms with Gasteiger partial charge in [-0.1, -0.05) is 12.1 Å². The van der Waals surface area contributed by atoms with Crippen molar-refractivity contribution < 1.29 is 57.2 Å². The third-order valence-corrected chi connectivity index (χ3v) is 6.40. The van der Waals surface area contributed by atoms with E-state index in [1.807, 2.05) is 0 Å². The molecule has 0 fully saturated rings. The molecule has 0 radical (unpaired) electrons. The molecule has 4 aromatic rings. The molecule has 14 nitrogen and oxygen atoms in total. The number of rotatable bonds is 10. The number of methoxy groups -OCH3 is 3. The summed E-state index contributed by atoms with van der Waals surface area (Å²) in [5.41, 5.74) is 1.33. The molecule has 14 heteroatoms. The summed E-state index contributed by atoms with van der Waals surface area (Å²) >= 11 is 0. The van der Waals surface area contributed by atoms with Crippen LogP contribution in [-0.2, 0) is 20.6 Å². The van der Waals surface area contributed by atoms with Gasteiger partial charge in [-0.05, 0) is 84.4 Å². The molecule has 0 spiro atoms. The SMILES string of the molecule is COC(=O)Oc1ccc(CC(=O)c2cc(C(=O)Nc3ccc(OC(=O)OC)cc3)cc(C(=O)Nc3ccc(OC(=O)OC)cc3)c2)cc1. The van der Waals surface area contributed by atoms with E-state index in [4.69, 9.17) is 14.2 Å². The second-order valence-corrected chi connectivity index (χ2v) is 9.67. The van der Waals surface area contributed by atoms with E-state index in [0.717, 1.165) is 0 Å². The molecule has 0 saturated carbocycles. The van der Waals surface area contributed by atoms with Crippen molar-refractivity contribution in [1.29, 1.82) is 0 Å². The van der Waals surface area contributed by atoms with Crippen molar-refractivity contribution >= 4 is 47.4 Å². The van der Waals surface area contributed by atoms with Gasteiger partial charge in [-0.2, -0.15) is 0 Å². The lowest BCUT2D eigenvalue weighted by Gasteiger charge is -2.12. The van der Waals surface area contributed by atoms with Crippen molar-refractivity contribution in [1.82, 2.24) is 0 Å². The van der Waals surface area contributed by atoms with Crippen molar-refractivity contribution in [2.45, 2.75) is 6.42 Å². The molecule has 0 unspecified atom stereocenters. The van der Waals surface area contributed by atoms with Crippen LogP contribution in [0.4, 0.5) is 25.8 Å². The van der Waals surface area contributed by atoms with E-state index in [9.17, 15) is 28.8 Å². The Bertz CT molecular complexity index is 1590. The average Bonchev–Trinajstić information content (AvgIpc) is 3.10. The van der Waals surface area contributed by atoms with Crippen LogP contribution < -0.4 is 24.8 Å². The summed E-state index contributed by atoms with van der Waals surface area (Å²) in [5, 5.41) is 5.36. The third-order valence-electron chi connectivity index (χ3n) is 6.40. The van der Waals surface area contributed by atoms with E-state index in [-0.39, 0.29) is 40.4 Å². The number of hydrogen-bond donors (Lipinski definition) is 2. The van der Waals surface area contributed by atoms with E-state index < -0.39 is 36.1 Å². The van der Waals surface area contributed by atoms with E-state index in [1.54, 1.807) is 12.1 Å². The number of hydrogen-bond acceptors (Lipinski definition) is 12. The molecule has 0 atom stereocenters. The summed E-state index contributed by atoms with van der Waals surface area (Å²) in [6.45, 7) is 0. The molecule has 0 saturated heterocycles. The molecule has 4 aromatic carbocycles. The molecule has 0 aliphatic heterocycles. The number of ketones is 1. The minimum Gasteiger partial charge on any atom is -0.437 e. The molecule has 246 valence electrons. The Morgan fingerprint density at radius 3 is 1.17 bits per heavy atom. The number of anilines is 2. The predicted octanol–water partition coefficient (Wildman–Crippen LogP) is 6.05. The highest BCUT2D eigenvalue weighted by atomic mass is 16.7. The maximum atomic E-state index is 13.4. The van der Waals surface area contributed by atoms with Gasteiger partial charge in [-0.3, -0.25) is 14.4 Å². The van der Waals surface area contributed by atoms with Gasteiger partial charge >= 0.3 is 18.5 Å². The van der Waals surface area contributed by atoms with Crippen LogP contribution >= 0.6 is 0 Å². The average molecular weight is 657 g/mol. The van der Waals surface area contributed by atoms with Crippen LogP contribution in [0.2, 0.25) is 0 Å². The largest absolute Gasteiger partial charge is 0.513 e. The lowest BCUT2D eigenvalue weighted by Crippen LogP contribution is -2.18. The molecule has 0 aliphatic carbocycles. The maximum absolute atomic E-state index is 13.4. The van der Waals surface area contributed by atoms with E-state index >= 15 is 0 Å². The summed E-state index contributed by atoms with van der Waals surface area (Å²) in [4.78, 5) is 74.1. The van der Waals surface area contributed by atoms with Crippen LogP contribution in [0.25, 0.3) is 0 Å². The molecular formula is C34H28N2O12. The zero-order valence-corrected chi connectivity index (χ0v) is 25.8. The fourth-order valence-corrected chi connectivity index (χ4v) is 4.05. The van der Waals surface area contributed by atoms with Gasteiger partial charge in [-0.15, -0.1) is 0 Å². The zero-order chi connectivity index (χ0) is 34.6. The van der Waals surface area contributed by atoms with E-state index in [0.29, 0.717) is 16.9 Å². The topological polar surface area (TPSA) is 182 Å². The van der Waals surface area contributed by atoms with Gasteiger partial charge in [0.25, 0.3) is 11.8 Å². The first-order valence-electron chi connectivity index (χ1n) is 13.9.